The topological polar surface area (TPSA) is 39.2 Å². The van der Waals surface area contributed by atoms with Crippen molar-refractivity contribution in [3.63, 3.8) is 0 Å². The lowest BCUT2D eigenvalue weighted by Crippen LogP contribution is -2.08. The zero-order valence-electron chi connectivity index (χ0n) is 11.0. The predicted octanol–water partition coefficient (Wildman–Crippen LogP) is 5.35. The summed E-state index contributed by atoms with van der Waals surface area (Å²) < 4.78 is 7.10. The van der Waals surface area contributed by atoms with Crippen molar-refractivity contribution in [2.45, 2.75) is 6.04 Å². The largest absolute Gasteiger partial charge is 0.459 e. The SMILES string of the molecule is NC(c1cc2cc(Cl)ccc2o1)c1cc2ccccc2s1. The Morgan fingerprint density at radius 2 is 1.86 bits per heavy atom. The molecule has 0 saturated carbocycles. The molecule has 2 N–H and O–H groups in total. The Hall–Kier alpha value is -1.81. The second kappa shape index (κ2) is 4.88. The van der Waals surface area contributed by atoms with Gasteiger partial charge in [-0.1, -0.05) is 29.8 Å². The number of fused-ring (bicyclic) bond motifs is 2. The maximum absolute atomic E-state index is 6.37. The third kappa shape index (κ3) is 2.23. The lowest BCUT2D eigenvalue weighted by molar-refractivity contribution is 0.528. The zero-order chi connectivity index (χ0) is 14.4. The van der Waals surface area contributed by atoms with Crippen molar-refractivity contribution in [1.82, 2.24) is 0 Å². The van der Waals surface area contributed by atoms with E-state index in [0.717, 1.165) is 21.6 Å². The molecule has 0 saturated heterocycles. The number of benzene rings is 2. The molecular formula is C17H12ClNOS. The highest BCUT2D eigenvalue weighted by Crippen LogP contribution is 2.34. The molecule has 4 heteroatoms. The Morgan fingerprint density at radius 3 is 2.71 bits per heavy atom. The minimum Gasteiger partial charge on any atom is -0.459 e. The molecule has 21 heavy (non-hydrogen) atoms. The van der Waals surface area contributed by atoms with Crippen molar-refractivity contribution in [3.05, 3.63) is 70.3 Å². The van der Waals surface area contributed by atoms with Gasteiger partial charge in [-0.2, -0.15) is 0 Å². The summed E-state index contributed by atoms with van der Waals surface area (Å²) in [6.45, 7) is 0. The highest BCUT2D eigenvalue weighted by molar-refractivity contribution is 7.19. The molecule has 0 bridgehead atoms. The van der Waals surface area contributed by atoms with Crippen molar-refractivity contribution in [1.29, 1.82) is 0 Å². The highest BCUT2D eigenvalue weighted by Gasteiger charge is 2.16. The van der Waals surface area contributed by atoms with E-state index in [1.165, 1.54) is 10.1 Å². The Balaban J connectivity index is 1.79. The second-order valence-corrected chi connectivity index (χ2v) is 6.55. The van der Waals surface area contributed by atoms with Crippen molar-refractivity contribution in [2.75, 3.05) is 0 Å². The van der Waals surface area contributed by atoms with Crippen molar-refractivity contribution in [3.8, 4) is 0 Å². The van der Waals surface area contributed by atoms with Gasteiger partial charge in [-0.25, -0.2) is 0 Å². The predicted molar refractivity (Wildman–Crippen MR) is 89.1 cm³/mol. The summed E-state index contributed by atoms with van der Waals surface area (Å²) in [5.41, 5.74) is 7.18. The smallest absolute Gasteiger partial charge is 0.134 e. The van der Waals surface area contributed by atoms with Crippen molar-refractivity contribution < 1.29 is 4.42 Å². The van der Waals surface area contributed by atoms with E-state index >= 15 is 0 Å². The molecule has 104 valence electrons. The molecule has 0 radical (unpaired) electrons. The Labute approximate surface area is 130 Å². The maximum Gasteiger partial charge on any atom is 0.134 e. The molecule has 0 aliphatic rings. The molecular weight excluding hydrogens is 302 g/mol. The van der Waals surface area contributed by atoms with Crippen LogP contribution in [0.3, 0.4) is 0 Å². The van der Waals surface area contributed by atoms with E-state index in [0.29, 0.717) is 5.02 Å². The molecule has 2 aromatic heterocycles. The van der Waals surface area contributed by atoms with Crippen LogP contribution in [0.5, 0.6) is 0 Å². The lowest BCUT2D eigenvalue weighted by Gasteiger charge is -2.04. The molecule has 1 atom stereocenters. The third-order valence-corrected chi connectivity index (χ3v) is 4.99. The van der Waals surface area contributed by atoms with Crippen LogP contribution in [0.25, 0.3) is 21.1 Å². The van der Waals surface area contributed by atoms with E-state index in [-0.39, 0.29) is 6.04 Å². The molecule has 1 unspecified atom stereocenters. The Morgan fingerprint density at radius 1 is 1.00 bits per heavy atom. The normalized spacial score (nSPS) is 13.0. The van der Waals surface area contributed by atoms with E-state index in [2.05, 4.69) is 18.2 Å². The first kappa shape index (κ1) is 12.9. The minimum atomic E-state index is -0.256. The van der Waals surface area contributed by atoms with Gasteiger partial charge in [0.2, 0.25) is 0 Å². The van der Waals surface area contributed by atoms with Crippen LogP contribution in [-0.2, 0) is 0 Å². The van der Waals surface area contributed by atoms with Crippen LogP contribution >= 0.6 is 22.9 Å². The average Bonchev–Trinajstić information content (AvgIpc) is 3.09. The molecule has 0 fully saturated rings. The Bertz CT molecular complexity index is 907. The molecule has 0 spiro atoms. The summed E-state index contributed by atoms with van der Waals surface area (Å²) in [4.78, 5) is 1.10. The third-order valence-electron chi connectivity index (χ3n) is 3.56. The summed E-state index contributed by atoms with van der Waals surface area (Å²) in [7, 11) is 0. The van der Waals surface area contributed by atoms with Crippen LogP contribution in [0.2, 0.25) is 5.02 Å². The standard InChI is InChI=1S/C17H12ClNOS/c18-12-5-6-13-11(7-12)8-14(20-13)17(19)16-9-10-3-1-2-4-15(10)21-16/h1-9,17H,19H2. The summed E-state index contributed by atoms with van der Waals surface area (Å²) >= 11 is 7.71. The van der Waals surface area contributed by atoms with Crippen LogP contribution in [0.4, 0.5) is 0 Å². The fraction of sp³-hybridized carbons (Fsp3) is 0.0588. The molecule has 2 nitrogen and oxygen atoms in total. The minimum absolute atomic E-state index is 0.256. The number of thiophene rings is 1. The molecule has 4 aromatic rings. The van der Waals surface area contributed by atoms with Gasteiger partial charge in [0, 0.05) is 20.0 Å². The first-order chi connectivity index (χ1) is 10.2. The summed E-state index contributed by atoms with van der Waals surface area (Å²) in [5, 5.41) is 2.89. The van der Waals surface area contributed by atoms with Crippen LogP contribution in [0.1, 0.15) is 16.7 Å². The lowest BCUT2D eigenvalue weighted by atomic mass is 10.1. The van der Waals surface area contributed by atoms with Gasteiger partial charge in [-0.3, -0.25) is 0 Å². The van der Waals surface area contributed by atoms with Gasteiger partial charge in [0.15, 0.2) is 0 Å². The fourth-order valence-electron chi connectivity index (χ4n) is 2.48. The first-order valence-electron chi connectivity index (χ1n) is 6.64. The van der Waals surface area contributed by atoms with Gasteiger partial charge in [0.25, 0.3) is 0 Å². The molecule has 0 aliphatic carbocycles. The van der Waals surface area contributed by atoms with Crippen LogP contribution in [0.15, 0.2) is 59.0 Å². The Kier molecular flexibility index (Phi) is 3.00. The summed E-state index contributed by atoms with van der Waals surface area (Å²) in [6, 6.07) is 17.7. The number of hydrogen-bond donors (Lipinski definition) is 1. The highest BCUT2D eigenvalue weighted by atomic mass is 35.5. The summed E-state index contributed by atoms with van der Waals surface area (Å²) in [6.07, 6.45) is 0. The van der Waals surface area contributed by atoms with Gasteiger partial charge in [-0.05, 0) is 41.8 Å². The number of furan rings is 1. The monoisotopic (exact) mass is 313 g/mol. The fourth-order valence-corrected chi connectivity index (χ4v) is 3.74. The van der Waals surface area contributed by atoms with Gasteiger partial charge >= 0.3 is 0 Å². The van der Waals surface area contributed by atoms with E-state index in [1.54, 1.807) is 11.3 Å². The van der Waals surface area contributed by atoms with Crippen LogP contribution in [0, 0.1) is 0 Å². The zero-order valence-corrected chi connectivity index (χ0v) is 12.6. The van der Waals surface area contributed by atoms with E-state index in [9.17, 15) is 0 Å². The van der Waals surface area contributed by atoms with E-state index in [1.807, 2.05) is 36.4 Å². The number of rotatable bonds is 2. The number of halogens is 1. The number of hydrogen-bond acceptors (Lipinski definition) is 3. The molecule has 0 aliphatic heterocycles. The first-order valence-corrected chi connectivity index (χ1v) is 7.83. The quantitative estimate of drug-likeness (QED) is 0.542. The van der Waals surface area contributed by atoms with Gasteiger partial charge in [-0.15, -0.1) is 11.3 Å². The maximum atomic E-state index is 6.37. The molecule has 2 heterocycles. The average molecular weight is 314 g/mol. The van der Waals surface area contributed by atoms with Gasteiger partial charge in [0.1, 0.15) is 11.3 Å². The van der Waals surface area contributed by atoms with Crippen molar-refractivity contribution >= 4 is 44.0 Å². The molecule has 0 amide bonds. The van der Waals surface area contributed by atoms with E-state index in [4.69, 9.17) is 21.8 Å². The van der Waals surface area contributed by atoms with Crippen molar-refractivity contribution in [2.24, 2.45) is 5.73 Å². The van der Waals surface area contributed by atoms with Gasteiger partial charge < -0.3 is 10.2 Å². The van der Waals surface area contributed by atoms with Crippen LogP contribution < -0.4 is 5.73 Å². The second-order valence-electron chi connectivity index (χ2n) is 5.00. The number of nitrogens with two attached hydrogens (primary N) is 1. The van der Waals surface area contributed by atoms with E-state index < -0.39 is 0 Å². The molecule has 2 aromatic carbocycles. The molecule has 4 rings (SSSR count). The summed E-state index contributed by atoms with van der Waals surface area (Å²) in [5.74, 6) is 0.763. The van der Waals surface area contributed by atoms with Gasteiger partial charge in [0.05, 0.1) is 6.04 Å². The van der Waals surface area contributed by atoms with Crippen LogP contribution in [-0.4, -0.2) is 0 Å².